The van der Waals surface area contributed by atoms with Gasteiger partial charge >= 0.3 is 6.03 Å². The van der Waals surface area contributed by atoms with Crippen LogP contribution >= 0.6 is 0 Å². The summed E-state index contributed by atoms with van der Waals surface area (Å²) in [5.41, 5.74) is 4.22. The van der Waals surface area contributed by atoms with E-state index in [0.29, 0.717) is 0 Å². The van der Waals surface area contributed by atoms with E-state index in [1.165, 1.54) is 30.4 Å². The van der Waals surface area contributed by atoms with Gasteiger partial charge in [0, 0.05) is 17.9 Å². The van der Waals surface area contributed by atoms with Crippen molar-refractivity contribution in [3.8, 4) is 5.75 Å². The minimum absolute atomic E-state index is 0.261. The van der Waals surface area contributed by atoms with Crippen molar-refractivity contribution in [3.05, 3.63) is 90.0 Å². The first-order valence-corrected chi connectivity index (χ1v) is 11.3. The van der Waals surface area contributed by atoms with Gasteiger partial charge in [-0.1, -0.05) is 42.5 Å². The zero-order chi connectivity index (χ0) is 22.2. The largest absolute Gasteiger partial charge is 0.497 e. The van der Waals surface area contributed by atoms with Crippen molar-refractivity contribution in [2.24, 2.45) is 5.92 Å². The molecule has 0 saturated carbocycles. The number of methoxy groups -OCH3 is 1. The Bertz CT molecular complexity index is 980. The summed E-state index contributed by atoms with van der Waals surface area (Å²) in [6.45, 7) is 3.24. The minimum atomic E-state index is -0.261. The van der Waals surface area contributed by atoms with Gasteiger partial charge in [0.05, 0.1) is 7.11 Å². The van der Waals surface area contributed by atoms with Crippen LogP contribution in [0.25, 0.3) is 0 Å². The van der Waals surface area contributed by atoms with E-state index in [2.05, 4.69) is 58.0 Å². The molecule has 2 amide bonds. The quantitative estimate of drug-likeness (QED) is 0.499. The van der Waals surface area contributed by atoms with Gasteiger partial charge in [0.25, 0.3) is 0 Å². The molecule has 4 rings (SSSR count). The highest BCUT2D eigenvalue weighted by molar-refractivity contribution is 5.99. The van der Waals surface area contributed by atoms with Crippen LogP contribution in [0.4, 0.5) is 16.2 Å². The fraction of sp³-hybridized carbons (Fsp3) is 0.296. The van der Waals surface area contributed by atoms with E-state index < -0.39 is 0 Å². The lowest BCUT2D eigenvalue weighted by atomic mass is 9.90. The monoisotopic (exact) mass is 429 g/mol. The van der Waals surface area contributed by atoms with E-state index >= 15 is 0 Å². The van der Waals surface area contributed by atoms with E-state index in [1.54, 1.807) is 7.11 Å². The molecular weight excluding hydrogens is 398 g/mol. The third kappa shape index (κ3) is 6.34. The second-order valence-electron chi connectivity index (χ2n) is 8.41. The Hall–Kier alpha value is -3.31. The van der Waals surface area contributed by atoms with Gasteiger partial charge in [0.1, 0.15) is 5.75 Å². The molecule has 0 radical (unpaired) electrons. The summed E-state index contributed by atoms with van der Waals surface area (Å²) in [7, 11) is 1.62. The predicted octanol–water partition coefficient (Wildman–Crippen LogP) is 5.79. The van der Waals surface area contributed by atoms with Gasteiger partial charge in [0.2, 0.25) is 0 Å². The zero-order valence-electron chi connectivity index (χ0n) is 18.6. The SMILES string of the molecule is COc1ccc(NC(=O)Nc2ccc(CN3CCC(Cc4ccccc4)CC3)cc2)cc1. The minimum Gasteiger partial charge on any atom is -0.497 e. The molecular formula is C27H31N3O2. The smallest absolute Gasteiger partial charge is 0.323 e. The number of piperidine rings is 1. The molecule has 166 valence electrons. The lowest BCUT2D eigenvalue weighted by Crippen LogP contribution is -2.33. The number of urea groups is 1. The van der Waals surface area contributed by atoms with Gasteiger partial charge in [-0.05, 0) is 85.8 Å². The lowest BCUT2D eigenvalue weighted by molar-refractivity contribution is 0.177. The molecule has 1 fully saturated rings. The Morgan fingerprint density at radius 3 is 2.03 bits per heavy atom. The first kappa shape index (κ1) is 21.9. The van der Waals surface area contributed by atoms with E-state index in [1.807, 2.05) is 36.4 Å². The van der Waals surface area contributed by atoms with Gasteiger partial charge in [0.15, 0.2) is 0 Å². The first-order valence-electron chi connectivity index (χ1n) is 11.3. The number of benzene rings is 3. The molecule has 0 unspecified atom stereocenters. The Kier molecular flexibility index (Phi) is 7.41. The van der Waals surface area contributed by atoms with Crippen molar-refractivity contribution in [3.63, 3.8) is 0 Å². The molecule has 1 saturated heterocycles. The third-order valence-electron chi connectivity index (χ3n) is 6.04. The number of likely N-dealkylation sites (tertiary alicyclic amines) is 1. The van der Waals surface area contributed by atoms with Gasteiger partial charge in [-0.15, -0.1) is 0 Å². The number of nitrogens with one attached hydrogen (secondary N) is 2. The van der Waals surface area contributed by atoms with Crippen LogP contribution in [0.15, 0.2) is 78.9 Å². The molecule has 5 nitrogen and oxygen atoms in total. The molecule has 0 aromatic heterocycles. The highest BCUT2D eigenvalue weighted by Crippen LogP contribution is 2.23. The Labute approximate surface area is 190 Å². The van der Waals surface area contributed by atoms with E-state index in [4.69, 9.17) is 4.74 Å². The molecule has 1 aliphatic heterocycles. The lowest BCUT2D eigenvalue weighted by Gasteiger charge is -2.32. The second-order valence-corrected chi connectivity index (χ2v) is 8.41. The molecule has 2 N–H and O–H groups in total. The van der Waals surface area contributed by atoms with Gasteiger partial charge < -0.3 is 15.4 Å². The van der Waals surface area contributed by atoms with Gasteiger partial charge in [-0.3, -0.25) is 4.90 Å². The van der Waals surface area contributed by atoms with Gasteiger partial charge in [-0.25, -0.2) is 4.79 Å². The van der Waals surface area contributed by atoms with Crippen LogP contribution in [0.5, 0.6) is 5.75 Å². The van der Waals surface area contributed by atoms with E-state index in [-0.39, 0.29) is 6.03 Å². The molecule has 1 aliphatic rings. The average Bonchev–Trinajstić information content (AvgIpc) is 2.83. The van der Waals surface area contributed by atoms with Crippen LogP contribution in [0.3, 0.4) is 0 Å². The summed E-state index contributed by atoms with van der Waals surface area (Å²) in [6.07, 6.45) is 3.69. The molecule has 0 spiro atoms. The summed E-state index contributed by atoms with van der Waals surface area (Å²) >= 11 is 0. The number of carbonyl (C=O) groups is 1. The number of amides is 2. The molecule has 3 aromatic carbocycles. The fourth-order valence-electron chi connectivity index (χ4n) is 4.22. The van der Waals surface area contributed by atoms with Crippen molar-refractivity contribution in [2.75, 3.05) is 30.8 Å². The molecule has 0 aliphatic carbocycles. The van der Waals surface area contributed by atoms with Crippen LogP contribution in [0.1, 0.15) is 24.0 Å². The van der Waals surface area contributed by atoms with Crippen molar-refractivity contribution < 1.29 is 9.53 Å². The second kappa shape index (κ2) is 10.8. The summed E-state index contributed by atoms with van der Waals surface area (Å²) in [4.78, 5) is 14.8. The number of hydrogen-bond acceptors (Lipinski definition) is 3. The summed E-state index contributed by atoms with van der Waals surface area (Å²) in [5.74, 6) is 1.54. The Morgan fingerprint density at radius 1 is 0.844 bits per heavy atom. The molecule has 5 heteroatoms. The van der Waals surface area contributed by atoms with E-state index in [9.17, 15) is 4.79 Å². The third-order valence-corrected chi connectivity index (χ3v) is 6.04. The highest BCUT2D eigenvalue weighted by Gasteiger charge is 2.19. The van der Waals surface area contributed by atoms with Crippen molar-refractivity contribution >= 4 is 17.4 Å². The maximum absolute atomic E-state index is 12.2. The van der Waals surface area contributed by atoms with Crippen molar-refractivity contribution in [2.45, 2.75) is 25.8 Å². The average molecular weight is 430 g/mol. The molecule has 1 heterocycles. The van der Waals surface area contributed by atoms with Crippen LogP contribution < -0.4 is 15.4 Å². The number of carbonyl (C=O) groups excluding carboxylic acids is 1. The Balaban J connectivity index is 1.21. The molecule has 0 atom stereocenters. The maximum Gasteiger partial charge on any atom is 0.323 e. The predicted molar refractivity (Wildman–Crippen MR) is 130 cm³/mol. The standard InChI is InChI=1S/C27H31N3O2/c1-32-26-13-11-25(12-14-26)29-27(31)28-24-9-7-23(8-10-24)20-30-17-15-22(16-18-30)19-21-5-3-2-4-6-21/h2-14,22H,15-20H2,1H3,(H2,28,29,31). The van der Waals surface area contributed by atoms with E-state index in [0.717, 1.165) is 42.7 Å². The summed E-state index contributed by atoms with van der Waals surface area (Å²) < 4.78 is 5.13. The van der Waals surface area contributed by atoms with Crippen molar-refractivity contribution in [1.29, 1.82) is 0 Å². The van der Waals surface area contributed by atoms with Crippen molar-refractivity contribution in [1.82, 2.24) is 4.90 Å². The van der Waals surface area contributed by atoms with Crippen LogP contribution in [-0.4, -0.2) is 31.1 Å². The fourth-order valence-corrected chi connectivity index (χ4v) is 4.22. The number of ether oxygens (including phenoxy) is 1. The summed E-state index contributed by atoms with van der Waals surface area (Å²) in [6, 6.07) is 25.9. The number of rotatable bonds is 7. The molecule has 3 aromatic rings. The normalized spacial score (nSPS) is 14.7. The number of hydrogen-bond donors (Lipinski definition) is 2. The number of anilines is 2. The highest BCUT2D eigenvalue weighted by atomic mass is 16.5. The van der Waals surface area contributed by atoms with Gasteiger partial charge in [-0.2, -0.15) is 0 Å². The molecule has 0 bridgehead atoms. The van der Waals surface area contributed by atoms with Crippen LogP contribution in [0.2, 0.25) is 0 Å². The topological polar surface area (TPSA) is 53.6 Å². The number of nitrogens with zero attached hydrogens (tertiary/aromatic N) is 1. The molecule has 32 heavy (non-hydrogen) atoms. The maximum atomic E-state index is 12.2. The van der Waals surface area contributed by atoms with Crippen LogP contribution in [-0.2, 0) is 13.0 Å². The van der Waals surface area contributed by atoms with Crippen LogP contribution in [0, 0.1) is 5.92 Å². The summed E-state index contributed by atoms with van der Waals surface area (Å²) in [5, 5.41) is 5.71. The zero-order valence-corrected chi connectivity index (χ0v) is 18.6. The first-order chi connectivity index (χ1) is 15.7. The Morgan fingerprint density at radius 2 is 1.44 bits per heavy atom.